The summed E-state index contributed by atoms with van der Waals surface area (Å²) in [6, 6.07) is 0. The standard InChI is InChI=1S/C77H146O17P2/c1-7-9-11-13-15-17-19-21-23-25-31-37-44-50-56-62-77(82)93-72(65-87-74(79)59-53-47-41-35-29-27-26-28-33-39-45-51-57-69(3)4)67-91-95(83,84)89-63-71(78)64-90-96(85,86)92-68-73(66-88-75(80)60-54-48-42-38-32-34-40-46-52-58-70(5)6)94-76(81)61-55-49-43-36-30-24-22-20-18-16-14-12-10-8-2/h17,19,21,23,69-73,78H,7-16,18,20,22,24-68H2,1-6H3,(H,83,84)(H,85,86)/b19-17-,23-21-/t71-,72-,73-/m1/s1. The van der Waals surface area contributed by atoms with Crippen molar-refractivity contribution in [3.05, 3.63) is 24.3 Å². The molecule has 0 saturated carbocycles. The van der Waals surface area contributed by atoms with E-state index >= 15 is 0 Å². The number of aliphatic hydroxyl groups excluding tert-OH is 1. The highest BCUT2D eigenvalue weighted by molar-refractivity contribution is 7.47. The molecule has 0 spiro atoms. The second-order valence-electron chi connectivity index (χ2n) is 28.0. The Morgan fingerprint density at radius 2 is 0.562 bits per heavy atom. The number of phosphoric acid groups is 2. The van der Waals surface area contributed by atoms with Gasteiger partial charge in [-0.2, -0.15) is 0 Å². The van der Waals surface area contributed by atoms with Gasteiger partial charge in [0.15, 0.2) is 12.2 Å². The lowest BCUT2D eigenvalue weighted by molar-refractivity contribution is -0.161. The summed E-state index contributed by atoms with van der Waals surface area (Å²) in [6.45, 7) is 9.53. The fraction of sp³-hybridized carbons (Fsp3) is 0.896. The highest BCUT2D eigenvalue weighted by Gasteiger charge is 2.30. The van der Waals surface area contributed by atoms with Crippen LogP contribution < -0.4 is 0 Å². The fourth-order valence-electron chi connectivity index (χ4n) is 11.3. The third kappa shape index (κ3) is 70.0. The number of hydrogen-bond acceptors (Lipinski definition) is 15. The van der Waals surface area contributed by atoms with Crippen molar-refractivity contribution in [3.8, 4) is 0 Å². The Balaban J connectivity index is 5.30. The van der Waals surface area contributed by atoms with E-state index in [-0.39, 0.29) is 25.7 Å². The predicted octanol–water partition coefficient (Wildman–Crippen LogP) is 22.3. The van der Waals surface area contributed by atoms with E-state index in [2.05, 4.69) is 65.8 Å². The molecule has 0 bridgehead atoms. The Hall–Kier alpha value is -2.46. The maximum Gasteiger partial charge on any atom is 0.472 e. The van der Waals surface area contributed by atoms with Gasteiger partial charge < -0.3 is 33.8 Å². The monoisotopic (exact) mass is 1410 g/mol. The number of rotatable bonds is 74. The van der Waals surface area contributed by atoms with Crippen molar-refractivity contribution in [3.63, 3.8) is 0 Å². The summed E-state index contributed by atoms with van der Waals surface area (Å²) in [7, 11) is -9.93. The van der Waals surface area contributed by atoms with Crippen LogP contribution in [0.15, 0.2) is 24.3 Å². The first kappa shape index (κ1) is 93.5. The van der Waals surface area contributed by atoms with Gasteiger partial charge in [-0.15, -0.1) is 0 Å². The quantitative estimate of drug-likeness (QED) is 0.0169. The SMILES string of the molecule is CCCCCC/C=C\C=C/CCCCCCCC(=O)O[C@H](COC(=O)CCCCCCCCCCCCCCC(C)C)COP(=O)(O)OC[C@@H](O)COP(=O)(O)OC[C@@H](COC(=O)CCCCCCCCCCCC(C)C)OC(=O)CCCCCCCCCCCCCCCC. The summed E-state index contributed by atoms with van der Waals surface area (Å²) in [4.78, 5) is 72.9. The van der Waals surface area contributed by atoms with Gasteiger partial charge in [-0.1, -0.05) is 323 Å². The van der Waals surface area contributed by atoms with Gasteiger partial charge in [0.2, 0.25) is 0 Å². The van der Waals surface area contributed by atoms with E-state index in [1.165, 1.54) is 180 Å². The summed E-state index contributed by atoms with van der Waals surface area (Å²) in [6.07, 6.45) is 58.9. The topological polar surface area (TPSA) is 237 Å². The average Bonchev–Trinajstić information content (AvgIpc) is 3.77. The molecule has 2 unspecified atom stereocenters. The van der Waals surface area contributed by atoms with E-state index in [0.717, 1.165) is 115 Å². The van der Waals surface area contributed by atoms with Gasteiger partial charge >= 0.3 is 39.5 Å². The van der Waals surface area contributed by atoms with Crippen LogP contribution >= 0.6 is 15.6 Å². The first-order chi connectivity index (χ1) is 46.4. The average molecular weight is 1410 g/mol. The van der Waals surface area contributed by atoms with Crippen molar-refractivity contribution in [2.45, 2.75) is 394 Å². The Morgan fingerprint density at radius 1 is 0.323 bits per heavy atom. The normalized spacial score (nSPS) is 14.2. The van der Waals surface area contributed by atoms with Crippen molar-refractivity contribution in [2.24, 2.45) is 11.8 Å². The third-order valence-electron chi connectivity index (χ3n) is 17.3. The molecule has 96 heavy (non-hydrogen) atoms. The number of esters is 4. The number of carbonyl (C=O) groups is 4. The molecule has 3 N–H and O–H groups in total. The van der Waals surface area contributed by atoms with Crippen molar-refractivity contribution < 1.29 is 80.2 Å². The molecule has 0 aromatic rings. The maximum atomic E-state index is 13.1. The van der Waals surface area contributed by atoms with Crippen molar-refractivity contribution in [1.29, 1.82) is 0 Å². The first-order valence-corrected chi connectivity index (χ1v) is 42.3. The molecule has 0 heterocycles. The fourth-order valence-corrected chi connectivity index (χ4v) is 12.9. The van der Waals surface area contributed by atoms with Crippen molar-refractivity contribution in [1.82, 2.24) is 0 Å². The summed E-state index contributed by atoms with van der Waals surface area (Å²) in [5.41, 5.74) is 0. The van der Waals surface area contributed by atoms with Crippen LogP contribution in [-0.2, 0) is 65.4 Å². The van der Waals surface area contributed by atoms with Gasteiger partial charge in [0.05, 0.1) is 26.4 Å². The zero-order chi connectivity index (χ0) is 70.7. The molecule has 0 aliphatic heterocycles. The zero-order valence-corrected chi connectivity index (χ0v) is 63.9. The molecule has 0 fully saturated rings. The molecule has 0 rings (SSSR count). The zero-order valence-electron chi connectivity index (χ0n) is 62.2. The Bertz CT molecular complexity index is 1950. The Labute approximate surface area is 586 Å². The van der Waals surface area contributed by atoms with Gasteiger partial charge in [-0.05, 0) is 63.2 Å². The van der Waals surface area contributed by atoms with E-state index in [9.17, 15) is 43.2 Å². The lowest BCUT2D eigenvalue weighted by Gasteiger charge is -2.21. The van der Waals surface area contributed by atoms with Gasteiger partial charge in [-0.3, -0.25) is 37.3 Å². The molecule has 0 aromatic heterocycles. The summed E-state index contributed by atoms with van der Waals surface area (Å²) < 4.78 is 68.5. The van der Waals surface area contributed by atoms with Crippen LogP contribution in [-0.4, -0.2) is 96.7 Å². The Morgan fingerprint density at radius 3 is 0.854 bits per heavy atom. The molecule has 0 aliphatic rings. The number of carbonyl (C=O) groups excluding carboxylic acids is 4. The number of phosphoric ester groups is 2. The largest absolute Gasteiger partial charge is 0.472 e. The van der Waals surface area contributed by atoms with E-state index in [1.54, 1.807) is 0 Å². The summed E-state index contributed by atoms with van der Waals surface area (Å²) >= 11 is 0. The third-order valence-corrected chi connectivity index (χ3v) is 19.2. The van der Waals surface area contributed by atoms with Crippen LogP contribution in [0.4, 0.5) is 0 Å². The first-order valence-electron chi connectivity index (χ1n) is 39.3. The highest BCUT2D eigenvalue weighted by atomic mass is 31.2. The van der Waals surface area contributed by atoms with E-state index in [0.29, 0.717) is 25.7 Å². The van der Waals surface area contributed by atoms with Crippen molar-refractivity contribution in [2.75, 3.05) is 39.6 Å². The van der Waals surface area contributed by atoms with Crippen LogP contribution in [0.3, 0.4) is 0 Å². The minimum atomic E-state index is -4.97. The second kappa shape index (κ2) is 68.3. The van der Waals surface area contributed by atoms with Gasteiger partial charge in [0, 0.05) is 25.7 Å². The Kier molecular flexibility index (Phi) is 66.6. The number of unbranched alkanes of at least 4 members (excludes halogenated alkanes) is 41. The molecule has 19 heteroatoms. The summed E-state index contributed by atoms with van der Waals surface area (Å²) in [5.74, 6) is -0.621. The number of aliphatic hydroxyl groups is 1. The molecular weight excluding hydrogens is 1260 g/mol. The second-order valence-corrected chi connectivity index (χ2v) is 30.9. The highest BCUT2D eigenvalue weighted by Crippen LogP contribution is 2.45. The minimum absolute atomic E-state index is 0.0851. The molecule has 17 nitrogen and oxygen atoms in total. The van der Waals surface area contributed by atoms with E-state index < -0.39 is 97.5 Å². The minimum Gasteiger partial charge on any atom is -0.462 e. The van der Waals surface area contributed by atoms with Gasteiger partial charge in [-0.25, -0.2) is 9.13 Å². The smallest absolute Gasteiger partial charge is 0.462 e. The maximum absolute atomic E-state index is 13.1. The lowest BCUT2D eigenvalue weighted by Crippen LogP contribution is -2.30. The molecule has 0 radical (unpaired) electrons. The lowest BCUT2D eigenvalue weighted by atomic mass is 10.0. The molecule has 0 aliphatic carbocycles. The van der Waals surface area contributed by atoms with Crippen LogP contribution in [0.5, 0.6) is 0 Å². The van der Waals surface area contributed by atoms with Crippen LogP contribution in [0.25, 0.3) is 0 Å². The van der Waals surface area contributed by atoms with E-state index in [1.807, 2.05) is 0 Å². The molecule has 566 valence electrons. The van der Waals surface area contributed by atoms with E-state index in [4.69, 9.17) is 37.0 Å². The summed E-state index contributed by atoms with van der Waals surface area (Å²) in [5, 5.41) is 10.6. The van der Waals surface area contributed by atoms with Crippen LogP contribution in [0.1, 0.15) is 375 Å². The van der Waals surface area contributed by atoms with Crippen LogP contribution in [0.2, 0.25) is 0 Å². The van der Waals surface area contributed by atoms with Crippen molar-refractivity contribution >= 4 is 39.5 Å². The van der Waals surface area contributed by atoms with Gasteiger partial charge in [0.1, 0.15) is 19.3 Å². The molecule has 0 amide bonds. The van der Waals surface area contributed by atoms with Gasteiger partial charge in [0.25, 0.3) is 0 Å². The number of hydrogen-bond donors (Lipinski definition) is 3. The number of allylic oxidation sites excluding steroid dienone is 4. The molecule has 0 aromatic carbocycles. The molecular formula is C77H146O17P2. The molecule has 5 atom stereocenters. The predicted molar refractivity (Wildman–Crippen MR) is 391 cm³/mol. The number of ether oxygens (including phenoxy) is 4. The molecule has 0 saturated heterocycles. The van der Waals surface area contributed by atoms with Crippen LogP contribution in [0, 0.1) is 11.8 Å².